The number of carbonyl (C=O) groups excluding carboxylic acids is 2. The summed E-state index contributed by atoms with van der Waals surface area (Å²) in [4.78, 5) is 31.6. The minimum atomic E-state index is -0.907. The molecule has 4 aromatic rings. The van der Waals surface area contributed by atoms with Gasteiger partial charge < -0.3 is 9.52 Å². The second-order valence-electron chi connectivity index (χ2n) is 7.19. The molecule has 0 saturated heterocycles. The van der Waals surface area contributed by atoms with Crippen LogP contribution in [-0.2, 0) is 10.5 Å². The van der Waals surface area contributed by atoms with E-state index in [1.807, 2.05) is 24.3 Å². The summed E-state index contributed by atoms with van der Waals surface area (Å²) in [6, 6.07) is 13.0. The number of pyridine rings is 1. The third-order valence-corrected chi connectivity index (χ3v) is 7.48. The fourth-order valence-corrected chi connectivity index (χ4v) is 5.47. The number of hydrogen-bond donors (Lipinski definition) is 1. The molecule has 5 rings (SSSR count). The van der Waals surface area contributed by atoms with Crippen molar-refractivity contribution in [1.82, 2.24) is 15.2 Å². The standard InChI is InChI=1S/C23H15ClN4O4S2/c24-15-5-3-13(4-6-15)12-33-23-27-26-22(34-23)28-18(14-7-9-25-10-8-14)17(20(30)21(28)31)19(29)16-2-1-11-32-16/h1-11,18,30H,12H2. The van der Waals surface area contributed by atoms with Gasteiger partial charge in [0.1, 0.15) is 0 Å². The van der Waals surface area contributed by atoms with E-state index in [1.54, 1.807) is 30.6 Å². The Morgan fingerprint density at radius 2 is 1.91 bits per heavy atom. The maximum Gasteiger partial charge on any atom is 0.296 e. The van der Waals surface area contributed by atoms with Crippen molar-refractivity contribution in [3.05, 3.63) is 100 Å². The Kier molecular flexibility index (Phi) is 6.18. The molecular weight excluding hydrogens is 496 g/mol. The predicted molar refractivity (Wildman–Crippen MR) is 128 cm³/mol. The zero-order valence-corrected chi connectivity index (χ0v) is 19.7. The fraction of sp³-hybridized carbons (Fsp3) is 0.0870. The average molecular weight is 511 g/mol. The molecule has 8 nitrogen and oxygen atoms in total. The smallest absolute Gasteiger partial charge is 0.296 e. The Balaban J connectivity index is 1.46. The number of Topliss-reactive ketones (excluding diaryl/α,β-unsaturated/α-hetero) is 1. The van der Waals surface area contributed by atoms with Crippen molar-refractivity contribution in [3.63, 3.8) is 0 Å². The summed E-state index contributed by atoms with van der Waals surface area (Å²) in [5, 5.41) is 20.0. The number of aliphatic hydroxyl groups excluding tert-OH is 1. The Bertz CT molecular complexity index is 1370. The first kappa shape index (κ1) is 22.3. The lowest BCUT2D eigenvalue weighted by Gasteiger charge is -2.23. The topological polar surface area (TPSA) is 109 Å². The van der Waals surface area contributed by atoms with Gasteiger partial charge in [0.05, 0.1) is 17.9 Å². The highest BCUT2D eigenvalue weighted by atomic mass is 35.5. The van der Waals surface area contributed by atoms with Crippen LogP contribution < -0.4 is 4.90 Å². The van der Waals surface area contributed by atoms with Gasteiger partial charge in [0.2, 0.25) is 10.9 Å². The summed E-state index contributed by atoms with van der Waals surface area (Å²) in [5.74, 6) is -1.30. The van der Waals surface area contributed by atoms with E-state index in [0.29, 0.717) is 20.7 Å². The molecule has 0 bridgehead atoms. The van der Waals surface area contributed by atoms with E-state index < -0.39 is 23.5 Å². The maximum atomic E-state index is 13.2. The number of aromatic nitrogens is 3. The molecule has 1 unspecified atom stereocenters. The molecule has 0 saturated carbocycles. The van der Waals surface area contributed by atoms with Crippen LogP contribution in [0.5, 0.6) is 0 Å². The first-order valence-electron chi connectivity index (χ1n) is 9.98. The van der Waals surface area contributed by atoms with Crippen molar-refractivity contribution in [2.24, 2.45) is 0 Å². The van der Waals surface area contributed by atoms with Crippen molar-refractivity contribution in [2.75, 3.05) is 4.90 Å². The molecule has 1 amide bonds. The van der Waals surface area contributed by atoms with Crippen LogP contribution in [0.1, 0.15) is 27.7 Å². The molecule has 1 aliphatic heterocycles. The maximum absolute atomic E-state index is 13.2. The van der Waals surface area contributed by atoms with Crippen LogP contribution >= 0.6 is 34.7 Å². The van der Waals surface area contributed by atoms with Crippen LogP contribution in [0.2, 0.25) is 5.02 Å². The highest BCUT2D eigenvalue weighted by Gasteiger charge is 2.46. The van der Waals surface area contributed by atoms with Crippen molar-refractivity contribution in [1.29, 1.82) is 0 Å². The highest BCUT2D eigenvalue weighted by Crippen LogP contribution is 2.43. The van der Waals surface area contributed by atoms with Gasteiger partial charge in [-0.25, -0.2) is 0 Å². The van der Waals surface area contributed by atoms with E-state index in [-0.39, 0.29) is 16.5 Å². The van der Waals surface area contributed by atoms with Gasteiger partial charge in [-0.1, -0.05) is 46.8 Å². The number of nitrogens with zero attached hydrogens (tertiary/aromatic N) is 4. The predicted octanol–water partition coefficient (Wildman–Crippen LogP) is 5.25. The average Bonchev–Trinajstić information content (AvgIpc) is 3.60. The number of aliphatic hydroxyl groups is 1. The molecule has 1 atom stereocenters. The van der Waals surface area contributed by atoms with E-state index >= 15 is 0 Å². The summed E-state index contributed by atoms with van der Waals surface area (Å²) in [6.45, 7) is 0. The van der Waals surface area contributed by atoms with Crippen LogP contribution in [0, 0.1) is 0 Å². The Hall–Kier alpha value is -3.47. The molecule has 0 spiro atoms. The highest BCUT2D eigenvalue weighted by molar-refractivity contribution is 8.00. The number of amides is 1. The quantitative estimate of drug-likeness (QED) is 0.204. The van der Waals surface area contributed by atoms with Gasteiger partial charge in [-0.3, -0.25) is 19.5 Å². The van der Waals surface area contributed by atoms with Crippen LogP contribution in [-0.4, -0.2) is 32.0 Å². The van der Waals surface area contributed by atoms with Crippen LogP contribution in [0.4, 0.5) is 5.13 Å². The molecule has 11 heteroatoms. The van der Waals surface area contributed by atoms with Gasteiger partial charge in [-0.05, 0) is 47.5 Å². The molecule has 1 aliphatic rings. The van der Waals surface area contributed by atoms with Crippen LogP contribution in [0.15, 0.2) is 87.3 Å². The minimum absolute atomic E-state index is 0.0201. The van der Waals surface area contributed by atoms with Gasteiger partial charge in [-0.2, -0.15) is 0 Å². The lowest BCUT2D eigenvalue weighted by molar-refractivity contribution is -0.117. The van der Waals surface area contributed by atoms with E-state index in [4.69, 9.17) is 16.0 Å². The molecular formula is C23H15ClN4O4S2. The van der Waals surface area contributed by atoms with Gasteiger partial charge in [0.25, 0.3) is 5.91 Å². The third kappa shape index (κ3) is 4.23. The van der Waals surface area contributed by atoms with E-state index in [9.17, 15) is 14.7 Å². The monoisotopic (exact) mass is 510 g/mol. The number of benzene rings is 1. The Morgan fingerprint density at radius 1 is 1.15 bits per heavy atom. The molecule has 0 fully saturated rings. The zero-order chi connectivity index (χ0) is 23.7. The van der Waals surface area contributed by atoms with E-state index in [2.05, 4.69) is 15.2 Å². The Morgan fingerprint density at radius 3 is 2.62 bits per heavy atom. The number of thioether (sulfide) groups is 1. The normalized spacial score (nSPS) is 15.9. The van der Waals surface area contributed by atoms with Crippen molar-refractivity contribution in [2.45, 2.75) is 16.1 Å². The minimum Gasteiger partial charge on any atom is -0.503 e. The number of hydrogen-bond acceptors (Lipinski definition) is 9. The molecule has 1 aromatic carbocycles. The molecule has 1 N–H and O–H groups in total. The van der Waals surface area contributed by atoms with Crippen molar-refractivity contribution >= 4 is 51.5 Å². The second kappa shape index (κ2) is 9.41. The van der Waals surface area contributed by atoms with Crippen molar-refractivity contribution in [3.8, 4) is 0 Å². The lowest BCUT2D eigenvalue weighted by Crippen LogP contribution is -2.31. The summed E-state index contributed by atoms with van der Waals surface area (Å²) in [6.07, 6.45) is 4.46. The number of ketones is 1. The number of halogens is 1. The first-order valence-corrected chi connectivity index (χ1v) is 12.2. The first-order chi connectivity index (χ1) is 16.5. The molecule has 34 heavy (non-hydrogen) atoms. The summed E-state index contributed by atoms with van der Waals surface area (Å²) < 4.78 is 5.86. The summed E-state index contributed by atoms with van der Waals surface area (Å²) in [7, 11) is 0. The van der Waals surface area contributed by atoms with Crippen LogP contribution in [0.3, 0.4) is 0 Å². The fourth-order valence-electron chi connectivity index (χ4n) is 3.52. The van der Waals surface area contributed by atoms with Gasteiger partial charge in [-0.15, -0.1) is 10.2 Å². The molecule has 3 aromatic heterocycles. The summed E-state index contributed by atoms with van der Waals surface area (Å²) in [5.41, 5.74) is 1.56. The van der Waals surface area contributed by atoms with Crippen LogP contribution in [0.25, 0.3) is 0 Å². The van der Waals surface area contributed by atoms with Gasteiger partial charge in [0, 0.05) is 23.2 Å². The number of furan rings is 1. The number of anilines is 1. The third-order valence-electron chi connectivity index (χ3n) is 5.10. The number of rotatable bonds is 7. The molecule has 170 valence electrons. The lowest BCUT2D eigenvalue weighted by atomic mass is 9.96. The molecule has 4 heterocycles. The summed E-state index contributed by atoms with van der Waals surface area (Å²) >= 11 is 8.60. The Labute approximate surface area is 206 Å². The number of carbonyl (C=O) groups is 2. The van der Waals surface area contributed by atoms with Gasteiger partial charge in [0.15, 0.2) is 15.9 Å². The molecule has 0 aliphatic carbocycles. The van der Waals surface area contributed by atoms with Gasteiger partial charge >= 0.3 is 0 Å². The second-order valence-corrected chi connectivity index (χ2v) is 9.81. The van der Waals surface area contributed by atoms with E-state index in [1.165, 1.54) is 40.3 Å². The molecule has 0 radical (unpaired) electrons. The largest absolute Gasteiger partial charge is 0.503 e. The zero-order valence-electron chi connectivity index (χ0n) is 17.3. The van der Waals surface area contributed by atoms with Crippen molar-refractivity contribution < 1.29 is 19.1 Å². The SMILES string of the molecule is O=C(C1=C(O)C(=O)N(c2nnc(SCc3ccc(Cl)cc3)s2)C1c1ccncc1)c1ccco1. The van der Waals surface area contributed by atoms with E-state index in [0.717, 1.165) is 5.56 Å².